The lowest BCUT2D eigenvalue weighted by Gasteiger charge is -2.21. The maximum absolute atomic E-state index is 2.66. The zero-order chi connectivity index (χ0) is 12.1. The fourth-order valence-electron chi connectivity index (χ4n) is 2.15. The fourth-order valence-corrected chi connectivity index (χ4v) is 2.15. The Labute approximate surface area is 104 Å². The molecular weight excluding hydrogens is 194 g/mol. The van der Waals surface area contributed by atoms with Crippen LogP contribution < -0.4 is 0 Å². The molecule has 16 heavy (non-hydrogen) atoms. The maximum Gasteiger partial charge on any atom is -0.00187 e. The van der Waals surface area contributed by atoms with Crippen molar-refractivity contribution >= 4 is 0 Å². The van der Waals surface area contributed by atoms with Gasteiger partial charge in [0.15, 0.2) is 0 Å². The van der Waals surface area contributed by atoms with Crippen molar-refractivity contribution in [2.75, 3.05) is 19.6 Å². The largest absolute Gasteiger partial charge is 0.303 e. The average Bonchev–Trinajstić information content (AvgIpc) is 2.30. The van der Waals surface area contributed by atoms with Crippen molar-refractivity contribution in [2.24, 2.45) is 0 Å². The van der Waals surface area contributed by atoms with E-state index in [9.17, 15) is 0 Å². The molecule has 0 unspecified atom stereocenters. The Hall–Kier alpha value is -0.0400. The van der Waals surface area contributed by atoms with E-state index in [0.29, 0.717) is 0 Å². The fraction of sp³-hybridized carbons (Fsp3) is 1.00. The van der Waals surface area contributed by atoms with Gasteiger partial charge in [0.1, 0.15) is 0 Å². The number of unbranched alkanes of at least 4 members (excludes halogenated alkanes) is 6. The quantitative estimate of drug-likeness (QED) is 0.430. The molecule has 0 radical (unpaired) electrons. The summed E-state index contributed by atoms with van der Waals surface area (Å²) in [6, 6.07) is 0. The average molecular weight is 227 g/mol. The Bertz CT molecular complexity index is 123. The highest BCUT2D eigenvalue weighted by Crippen LogP contribution is 2.06. The number of rotatable bonds is 12. The normalized spacial score (nSPS) is 11.2. The molecule has 0 amide bonds. The molecule has 0 spiro atoms. The molecule has 0 fully saturated rings. The summed E-state index contributed by atoms with van der Waals surface area (Å²) in [6.45, 7) is 10.8. The Morgan fingerprint density at radius 2 is 1.06 bits per heavy atom. The molecule has 98 valence electrons. The van der Waals surface area contributed by atoms with Gasteiger partial charge in [0.05, 0.1) is 0 Å². The van der Waals surface area contributed by atoms with E-state index in [1.54, 1.807) is 0 Å². The van der Waals surface area contributed by atoms with Crippen LogP contribution in [0.3, 0.4) is 0 Å². The molecule has 0 N–H and O–H groups in total. The Morgan fingerprint density at radius 3 is 1.69 bits per heavy atom. The molecule has 0 aliphatic rings. The highest BCUT2D eigenvalue weighted by molar-refractivity contribution is 4.57. The van der Waals surface area contributed by atoms with E-state index in [1.807, 2.05) is 0 Å². The van der Waals surface area contributed by atoms with Crippen LogP contribution in [0.15, 0.2) is 0 Å². The second kappa shape index (κ2) is 13.0. The molecule has 0 rings (SSSR count). The predicted octanol–water partition coefficient (Wildman–Crippen LogP) is 4.86. The van der Waals surface area contributed by atoms with Gasteiger partial charge >= 0.3 is 0 Å². The van der Waals surface area contributed by atoms with Crippen LogP contribution in [-0.4, -0.2) is 24.5 Å². The smallest absolute Gasteiger partial charge is 0.00187 e. The molecule has 0 aromatic carbocycles. The summed E-state index contributed by atoms with van der Waals surface area (Å²) < 4.78 is 0. The van der Waals surface area contributed by atoms with Crippen LogP contribution in [0.25, 0.3) is 0 Å². The van der Waals surface area contributed by atoms with Crippen molar-refractivity contribution in [3.8, 4) is 0 Å². The van der Waals surface area contributed by atoms with Gasteiger partial charge < -0.3 is 4.90 Å². The Kier molecular flexibility index (Phi) is 13.0. The van der Waals surface area contributed by atoms with Crippen LogP contribution in [0.4, 0.5) is 0 Å². The van der Waals surface area contributed by atoms with Crippen LogP contribution in [-0.2, 0) is 0 Å². The minimum atomic E-state index is 1.30. The number of hydrogen-bond donors (Lipinski definition) is 0. The Balaban J connectivity index is 3.36. The minimum Gasteiger partial charge on any atom is -0.303 e. The molecule has 0 bridgehead atoms. The van der Waals surface area contributed by atoms with Crippen LogP contribution in [0.5, 0.6) is 0 Å². The van der Waals surface area contributed by atoms with E-state index in [4.69, 9.17) is 0 Å². The van der Waals surface area contributed by atoms with Crippen molar-refractivity contribution < 1.29 is 0 Å². The summed E-state index contributed by atoms with van der Waals surface area (Å²) in [7, 11) is 0. The summed E-state index contributed by atoms with van der Waals surface area (Å²) in [5, 5.41) is 0. The van der Waals surface area contributed by atoms with Crippen LogP contribution in [0, 0.1) is 0 Å². The monoisotopic (exact) mass is 227 g/mol. The minimum absolute atomic E-state index is 1.30. The third-order valence-corrected chi connectivity index (χ3v) is 3.20. The first-order chi connectivity index (χ1) is 7.85. The van der Waals surface area contributed by atoms with E-state index in [2.05, 4.69) is 25.7 Å². The van der Waals surface area contributed by atoms with Gasteiger partial charge in [0, 0.05) is 0 Å². The number of hydrogen-bond acceptors (Lipinski definition) is 1. The summed E-state index contributed by atoms with van der Waals surface area (Å²) in [6.07, 6.45) is 12.5. The van der Waals surface area contributed by atoms with Gasteiger partial charge in [-0.2, -0.15) is 0 Å². The van der Waals surface area contributed by atoms with Crippen molar-refractivity contribution in [2.45, 2.75) is 78.6 Å². The molecule has 1 nitrogen and oxygen atoms in total. The lowest BCUT2D eigenvalue weighted by Crippen LogP contribution is -2.26. The first kappa shape index (κ1) is 16.0. The van der Waals surface area contributed by atoms with Gasteiger partial charge in [0.2, 0.25) is 0 Å². The molecule has 0 heterocycles. The zero-order valence-corrected chi connectivity index (χ0v) is 11.9. The van der Waals surface area contributed by atoms with Crippen molar-refractivity contribution in [3.05, 3.63) is 0 Å². The standard InChI is InChI=1S/C15H33N/c1-4-7-9-10-11-12-15-16(13-6-3)14-8-5-2/h4-15H2,1-3H3. The van der Waals surface area contributed by atoms with Gasteiger partial charge in [-0.1, -0.05) is 59.3 Å². The first-order valence-electron chi connectivity index (χ1n) is 7.57. The molecule has 0 aliphatic carbocycles. The summed E-state index contributed by atoms with van der Waals surface area (Å²) in [4.78, 5) is 2.66. The van der Waals surface area contributed by atoms with E-state index >= 15 is 0 Å². The molecule has 0 aromatic rings. The SMILES string of the molecule is CCCCCCCCN(CCC)CCCC. The van der Waals surface area contributed by atoms with Crippen LogP contribution >= 0.6 is 0 Å². The topological polar surface area (TPSA) is 3.24 Å². The van der Waals surface area contributed by atoms with E-state index < -0.39 is 0 Å². The van der Waals surface area contributed by atoms with Gasteiger partial charge in [0.25, 0.3) is 0 Å². The lowest BCUT2D eigenvalue weighted by atomic mass is 10.1. The zero-order valence-electron chi connectivity index (χ0n) is 11.9. The predicted molar refractivity (Wildman–Crippen MR) is 75.0 cm³/mol. The van der Waals surface area contributed by atoms with Gasteiger partial charge in [-0.25, -0.2) is 0 Å². The molecule has 0 atom stereocenters. The van der Waals surface area contributed by atoms with Crippen molar-refractivity contribution in [1.82, 2.24) is 4.90 Å². The highest BCUT2D eigenvalue weighted by atomic mass is 15.1. The molecule has 0 aliphatic heterocycles. The lowest BCUT2D eigenvalue weighted by molar-refractivity contribution is 0.263. The second-order valence-corrected chi connectivity index (χ2v) is 4.96. The first-order valence-corrected chi connectivity index (χ1v) is 7.57. The van der Waals surface area contributed by atoms with Gasteiger partial charge in [-0.15, -0.1) is 0 Å². The summed E-state index contributed by atoms with van der Waals surface area (Å²) in [5.74, 6) is 0. The third kappa shape index (κ3) is 10.5. The van der Waals surface area contributed by atoms with Crippen molar-refractivity contribution in [3.63, 3.8) is 0 Å². The number of nitrogens with zero attached hydrogens (tertiary/aromatic N) is 1. The van der Waals surface area contributed by atoms with Gasteiger partial charge in [-0.3, -0.25) is 0 Å². The van der Waals surface area contributed by atoms with E-state index in [0.717, 1.165) is 0 Å². The summed E-state index contributed by atoms with van der Waals surface area (Å²) in [5.41, 5.74) is 0. The third-order valence-electron chi connectivity index (χ3n) is 3.20. The van der Waals surface area contributed by atoms with E-state index in [1.165, 1.54) is 77.4 Å². The summed E-state index contributed by atoms with van der Waals surface area (Å²) >= 11 is 0. The molecular formula is C15H33N. The second-order valence-electron chi connectivity index (χ2n) is 4.96. The highest BCUT2D eigenvalue weighted by Gasteiger charge is 2.02. The van der Waals surface area contributed by atoms with E-state index in [-0.39, 0.29) is 0 Å². The van der Waals surface area contributed by atoms with Crippen LogP contribution in [0.2, 0.25) is 0 Å². The van der Waals surface area contributed by atoms with Crippen molar-refractivity contribution in [1.29, 1.82) is 0 Å². The Morgan fingerprint density at radius 1 is 0.500 bits per heavy atom. The molecule has 1 heteroatoms. The molecule has 0 aromatic heterocycles. The molecule has 0 saturated carbocycles. The van der Waals surface area contributed by atoms with Crippen LogP contribution in [0.1, 0.15) is 78.6 Å². The van der Waals surface area contributed by atoms with Gasteiger partial charge in [-0.05, 0) is 38.9 Å². The maximum atomic E-state index is 2.66. The molecule has 0 saturated heterocycles.